The molecule has 0 bridgehead atoms. The molecular formula is C8H12FN. The summed E-state index contributed by atoms with van der Waals surface area (Å²) in [4.78, 5) is 0. The van der Waals surface area contributed by atoms with E-state index in [4.69, 9.17) is 6.42 Å². The van der Waals surface area contributed by atoms with Crippen LogP contribution in [0.3, 0.4) is 0 Å². The lowest BCUT2D eigenvalue weighted by Crippen LogP contribution is -2.56. The molecule has 0 spiro atoms. The molecule has 56 valence electrons. The van der Waals surface area contributed by atoms with Gasteiger partial charge >= 0.3 is 0 Å². The molecule has 1 aliphatic rings. The second kappa shape index (κ2) is 3.03. The molecule has 1 aliphatic heterocycles. The van der Waals surface area contributed by atoms with Crippen LogP contribution < -0.4 is 5.32 Å². The first kappa shape index (κ1) is 7.56. The van der Waals surface area contributed by atoms with Crippen molar-refractivity contribution in [1.29, 1.82) is 0 Å². The minimum absolute atomic E-state index is 0.511. The van der Waals surface area contributed by atoms with Crippen molar-refractivity contribution in [3.63, 3.8) is 0 Å². The molecule has 0 radical (unpaired) electrons. The molecule has 1 heterocycles. The van der Waals surface area contributed by atoms with Gasteiger partial charge in [0.05, 0.1) is 0 Å². The Kier molecular flexibility index (Phi) is 2.29. The highest BCUT2D eigenvalue weighted by atomic mass is 19.1. The normalized spacial score (nSPS) is 21.2. The van der Waals surface area contributed by atoms with E-state index in [2.05, 4.69) is 11.2 Å². The third-order valence-corrected chi connectivity index (χ3v) is 1.83. The molecule has 1 fully saturated rings. The second-order valence-corrected chi connectivity index (χ2v) is 2.81. The summed E-state index contributed by atoms with van der Waals surface area (Å²) in [7, 11) is 0. The van der Waals surface area contributed by atoms with Gasteiger partial charge < -0.3 is 5.32 Å². The average molecular weight is 141 g/mol. The first-order valence-corrected chi connectivity index (χ1v) is 3.60. The Morgan fingerprint density at radius 3 is 2.70 bits per heavy atom. The molecule has 1 saturated heterocycles. The predicted molar refractivity (Wildman–Crippen MR) is 39.4 cm³/mol. The fraction of sp³-hybridized carbons (Fsp3) is 0.750. The van der Waals surface area contributed by atoms with E-state index in [1.165, 1.54) is 0 Å². The summed E-state index contributed by atoms with van der Waals surface area (Å²) in [6, 6.07) is 0. The molecule has 0 amide bonds. The maximum Gasteiger partial charge on any atom is 0.135 e. The third kappa shape index (κ3) is 1.71. The largest absolute Gasteiger partial charge is 0.310 e. The zero-order valence-corrected chi connectivity index (χ0v) is 5.99. The Labute approximate surface area is 61.0 Å². The van der Waals surface area contributed by atoms with Gasteiger partial charge in [0.15, 0.2) is 0 Å². The molecule has 1 N–H and O–H groups in total. The summed E-state index contributed by atoms with van der Waals surface area (Å²) in [6.45, 7) is 1.02. The Morgan fingerprint density at radius 2 is 2.30 bits per heavy atom. The summed E-state index contributed by atoms with van der Waals surface area (Å²) in [5, 5.41) is 2.90. The molecule has 1 rings (SSSR count). The molecular weight excluding hydrogens is 129 g/mol. The number of rotatable bonds is 3. The summed E-state index contributed by atoms with van der Waals surface area (Å²) in [5.41, 5.74) is -0.934. The van der Waals surface area contributed by atoms with Gasteiger partial charge in [-0.05, 0) is 12.8 Å². The molecule has 2 heteroatoms. The fourth-order valence-electron chi connectivity index (χ4n) is 1.08. The van der Waals surface area contributed by atoms with Crippen LogP contribution in [0, 0.1) is 12.3 Å². The molecule has 0 saturated carbocycles. The smallest absolute Gasteiger partial charge is 0.135 e. The van der Waals surface area contributed by atoms with E-state index < -0.39 is 5.67 Å². The van der Waals surface area contributed by atoms with Crippen molar-refractivity contribution in [1.82, 2.24) is 5.32 Å². The minimum atomic E-state index is -0.934. The molecule has 0 aromatic rings. The van der Waals surface area contributed by atoms with E-state index in [-0.39, 0.29) is 0 Å². The average Bonchev–Trinajstić information content (AvgIpc) is 1.85. The molecule has 0 aliphatic carbocycles. The number of hydrogen-bond acceptors (Lipinski definition) is 1. The maximum absolute atomic E-state index is 13.1. The minimum Gasteiger partial charge on any atom is -0.310 e. The topological polar surface area (TPSA) is 12.0 Å². The standard InChI is InChI=1S/C8H12FN/c1-2-3-4-5-8(9)6-10-7-8/h1,10H,3-7H2. The fourth-order valence-corrected chi connectivity index (χ4v) is 1.08. The molecule has 0 unspecified atom stereocenters. The van der Waals surface area contributed by atoms with Crippen LogP contribution >= 0.6 is 0 Å². The van der Waals surface area contributed by atoms with E-state index >= 15 is 0 Å². The summed E-state index contributed by atoms with van der Waals surface area (Å²) < 4.78 is 13.1. The Bertz CT molecular complexity index is 144. The van der Waals surface area contributed by atoms with E-state index in [0.717, 1.165) is 6.42 Å². The Hall–Kier alpha value is -0.550. The highest BCUT2D eigenvalue weighted by molar-refractivity contribution is 4.94. The van der Waals surface area contributed by atoms with Gasteiger partial charge in [-0.15, -0.1) is 12.3 Å². The monoisotopic (exact) mass is 141 g/mol. The summed E-state index contributed by atoms with van der Waals surface area (Å²) >= 11 is 0. The van der Waals surface area contributed by atoms with Crippen molar-refractivity contribution in [2.75, 3.05) is 13.1 Å². The van der Waals surface area contributed by atoms with Crippen LogP contribution in [0.5, 0.6) is 0 Å². The van der Waals surface area contributed by atoms with Gasteiger partial charge in [-0.25, -0.2) is 4.39 Å². The summed E-state index contributed by atoms with van der Waals surface area (Å²) in [6.07, 6.45) is 7.16. The Balaban J connectivity index is 2.07. The molecule has 0 aromatic carbocycles. The van der Waals surface area contributed by atoms with Crippen molar-refractivity contribution < 1.29 is 4.39 Å². The van der Waals surface area contributed by atoms with Gasteiger partial charge in [0.1, 0.15) is 5.67 Å². The van der Waals surface area contributed by atoms with Gasteiger partial charge in [0, 0.05) is 19.5 Å². The Morgan fingerprint density at radius 1 is 1.60 bits per heavy atom. The lowest BCUT2D eigenvalue weighted by atomic mass is 9.93. The van der Waals surface area contributed by atoms with Crippen LogP contribution in [-0.2, 0) is 0 Å². The predicted octanol–water partition coefficient (Wildman–Crippen LogP) is 1.10. The first-order chi connectivity index (χ1) is 4.77. The van der Waals surface area contributed by atoms with Gasteiger partial charge in [-0.1, -0.05) is 0 Å². The quantitative estimate of drug-likeness (QED) is 0.458. The molecule has 0 atom stereocenters. The lowest BCUT2D eigenvalue weighted by Gasteiger charge is -2.34. The van der Waals surface area contributed by atoms with E-state index in [9.17, 15) is 4.39 Å². The highest BCUT2D eigenvalue weighted by Gasteiger charge is 2.35. The molecule has 0 aromatic heterocycles. The van der Waals surface area contributed by atoms with Crippen LogP contribution in [0.2, 0.25) is 0 Å². The van der Waals surface area contributed by atoms with Crippen LogP contribution in [0.4, 0.5) is 4.39 Å². The van der Waals surface area contributed by atoms with Crippen molar-refractivity contribution >= 4 is 0 Å². The number of unbranched alkanes of at least 4 members (excludes halogenated alkanes) is 1. The van der Waals surface area contributed by atoms with Crippen molar-refractivity contribution in [2.24, 2.45) is 0 Å². The number of halogens is 1. The van der Waals surface area contributed by atoms with Crippen molar-refractivity contribution in [2.45, 2.75) is 24.9 Å². The van der Waals surface area contributed by atoms with Crippen molar-refractivity contribution in [3.05, 3.63) is 0 Å². The van der Waals surface area contributed by atoms with Crippen LogP contribution in [0.15, 0.2) is 0 Å². The zero-order valence-electron chi connectivity index (χ0n) is 5.99. The highest BCUT2D eigenvalue weighted by Crippen LogP contribution is 2.22. The zero-order chi connectivity index (χ0) is 7.45. The van der Waals surface area contributed by atoms with Crippen LogP contribution in [0.1, 0.15) is 19.3 Å². The van der Waals surface area contributed by atoms with Gasteiger partial charge in [-0.3, -0.25) is 0 Å². The first-order valence-electron chi connectivity index (χ1n) is 3.60. The van der Waals surface area contributed by atoms with Crippen molar-refractivity contribution in [3.8, 4) is 12.3 Å². The van der Waals surface area contributed by atoms with E-state index in [1.807, 2.05) is 0 Å². The summed E-state index contributed by atoms with van der Waals surface area (Å²) in [5.74, 6) is 2.50. The van der Waals surface area contributed by atoms with Crippen LogP contribution in [-0.4, -0.2) is 18.8 Å². The van der Waals surface area contributed by atoms with Gasteiger partial charge in [0.25, 0.3) is 0 Å². The number of hydrogen-bond donors (Lipinski definition) is 1. The van der Waals surface area contributed by atoms with E-state index in [1.54, 1.807) is 0 Å². The number of terminal acetylenes is 1. The molecule has 1 nitrogen and oxygen atoms in total. The number of nitrogens with one attached hydrogen (secondary N) is 1. The van der Waals surface area contributed by atoms with Gasteiger partial charge in [-0.2, -0.15) is 0 Å². The van der Waals surface area contributed by atoms with Crippen LogP contribution in [0.25, 0.3) is 0 Å². The van der Waals surface area contributed by atoms with Gasteiger partial charge in [0.2, 0.25) is 0 Å². The number of alkyl halides is 1. The molecule has 10 heavy (non-hydrogen) atoms. The lowest BCUT2D eigenvalue weighted by molar-refractivity contribution is 0.0786. The maximum atomic E-state index is 13.1. The second-order valence-electron chi connectivity index (χ2n) is 2.81. The van der Waals surface area contributed by atoms with E-state index in [0.29, 0.717) is 25.9 Å². The SMILES string of the molecule is C#CCCCC1(F)CNC1. The third-order valence-electron chi connectivity index (χ3n) is 1.83.